The molecule has 0 aliphatic carbocycles. The SMILES string of the molecule is COCCOc1c(Cl)cccc1NC(=O)c1nc(-c2cccs2)n(-c2ccccc2)n1. The fourth-order valence-electron chi connectivity index (χ4n) is 2.88. The number of carbonyl (C=O) groups excluding carboxylic acids is 1. The second kappa shape index (κ2) is 9.74. The summed E-state index contributed by atoms with van der Waals surface area (Å²) in [4.78, 5) is 18.4. The highest BCUT2D eigenvalue weighted by atomic mass is 35.5. The second-order valence-corrected chi connectivity index (χ2v) is 7.75. The molecule has 1 N–H and O–H groups in total. The molecule has 0 saturated carbocycles. The molecule has 0 atom stereocenters. The molecule has 0 aliphatic rings. The molecule has 0 bridgehead atoms. The molecule has 2 aromatic carbocycles. The zero-order valence-corrected chi connectivity index (χ0v) is 18.2. The van der Waals surface area contributed by atoms with Crippen LogP contribution in [0.5, 0.6) is 5.75 Å². The van der Waals surface area contributed by atoms with Crippen LogP contribution in [0.15, 0.2) is 66.0 Å². The van der Waals surface area contributed by atoms with Crippen molar-refractivity contribution in [3.05, 3.63) is 76.9 Å². The Morgan fingerprint density at radius 2 is 1.94 bits per heavy atom. The van der Waals surface area contributed by atoms with Crippen LogP contribution in [0.4, 0.5) is 5.69 Å². The third-order valence-electron chi connectivity index (χ3n) is 4.30. The van der Waals surface area contributed by atoms with E-state index in [1.54, 1.807) is 30.0 Å². The maximum absolute atomic E-state index is 13.0. The molecule has 0 unspecified atom stereocenters. The number of nitrogens with one attached hydrogen (secondary N) is 1. The van der Waals surface area contributed by atoms with E-state index >= 15 is 0 Å². The van der Waals surface area contributed by atoms with Crippen molar-refractivity contribution in [2.75, 3.05) is 25.6 Å². The van der Waals surface area contributed by atoms with Crippen molar-refractivity contribution in [2.45, 2.75) is 0 Å². The normalized spacial score (nSPS) is 10.8. The molecule has 0 radical (unpaired) electrons. The molecule has 4 aromatic rings. The first-order chi connectivity index (χ1) is 15.2. The standard InChI is InChI=1S/C22H19ClN4O3S/c1-29-12-13-30-19-16(23)9-5-10-17(19)24-22(28)20-25-21(18-11-6-14-31-18)27(26-20)15-7-3-2-4-8-15/h2-11,14H,12-13H2,1H3,(H,24,28). The molecule has 2 aromatic heterocycles. The lowest BCUT2D eigenvalue weighted by atomic mass is 10.3. The lowest BCUT2D eigenvalue weighted by Gasteiger charge is -2.13. The largest absolute Gasteiger partial charge is 0.487 e. The van der Waals surface area contributed by atoms with E-state index in [0.717, 1.165) is 10.6 Å². The number of thiophene rings is 1. The number of benzene rings is 2. The summed E-state index contributed by atoms with van der Waals surface area (Å²) in [7, 11) is 1.58. The molecule has 0 fully saturated rings. The summed E-state index contributed by atoms with van der Waals surface area (Å²) >= 11 is 7.79. The monoisotopic (exact) mass is 454 g/mol. The quantitative estimate of drug-likeness (QED) is 0.382. The molecule has 7 nitrogen and oxygen atoms in total. The summed E-state index contributed by atoms with van der Waals surface area (Å²) in [5.41, 5.74) is 1.24. The number of nitrogens with zero attached hydrogens (tertiary/aromatic N) is 3. The van der Waals surface area contributed by atoms with Gasteiger partial charge in [-0.25, -0.2) is 9.67 Å². The van der Waals surface area contributed by atoms with Gasteiger partial charge in [-0.3, -0.25) is 4.79 Å². The first-order valence-corrected chi connectivity index (χ1v) is 10.7. The Morgan fingerprint density at radius 3 is 2.68 bits per heavy atom. The van der Waals surface area contributed by atoms with Crippen LogP contribution in [0.25, 0.3) is 16.4 Å². The highest BCUT2D eigenvalue weighted by molar-refractivity contribution is 7.13. The number of halogens is 1. The first-order valence-electron chi connectivity index (χ1n) is 9.45. The number of anilines is 1. The lowest BCUT2D eigenvalue weighted by molar-refractivity contribution is 0.101. The Balaban J connectivity index is 1.65. The number of hydrogen-bond acceptors (Lipinski definition) is 6. The van der Waals surface area contributed by atoms with Gasteiger partial charge >= 0.3 is 0 Å². The van der Waals surface area contributed by atoms with Crippen molar-refractivity contribution >= 4 is 34.5 Å². The molecule has 4 rings (SSSR count). The minimum atomic E-state index is -0.466. The van der Waals surface area contributed by atoms with Crippen LogP contribution in [0.2, 0.25) is 5.02 Å². The molecular formula is C22H19ClN4O3S. The Bertz CT molecular complexity index is 1160. The predicted octanol–water partition coefficient (Wildman–Crippen LogP) is 4.93. The van der Waals surface area contributed by atoms with Gasteiger partial charge in [0.15, 0.2) is 11.6 Å². The Hall–Kier alpha value is -3.20. The molecular weight excluding hydrogens is 436 g/mol. The fourth-order valence-corrected chi connectivity index (χ4v) is 3.81. The number of aromatic nitrogens is 3. The van der Waals surface area contributed by atoms with Crippen molar-refractivity contribution in [3.63, 3.8) is 0 Å². The molecule has 2 heterocycles. The average Bonchev–Trinajstić information content (AvgIpc) is 3.46. The van der Waals surface area contributed by atoms with Gasteiger partial charge in [0.2, 0.25) is 5.82 Å². The minimum absolute atomic E-state index is 0.0371. The Kier molecular flexibility index (Phi) is 6.61. The van der Waals surface area contributed by atoms with E-state index in [2.05, 4.69) is 15.4 Å². The smallest absolute Gasteiger partial charge is 0.295 e. The topological polar surface area (TPSA) is 78.3 Å². The van der Waals surface area contributed by atoms with E-state index in [4.69, 9.17) is 21.1 Å². The summed E-state index contributed by atoms with van der Waals surface area (Å²) in [5.74, 6) is 0.533. The first kappa shape index (κ1) is 21.0. The second-order valence-electron chi connectivity index (χ2n) is 6.40. The van der Waals surface area contributed by atoms with Gasteiger partial charge in [0.1, 0.15) is 6.61 Å². The Labute approximate surface area is 188 Å². The third kappa shape index (κ3) is 4.77. The molecule has 0 spiro atoms. The molecule has 1 amide bonds. The maximum atomic E-state index is 13.0. The van der Waals surface area contributed by atoms with Crippen LogP contribution in [0.3, 0.4) is 0 Å². The van der Waals surface area contributed by atoms with E-state index < -0.39 is 5.91 Å². The molecule has 31 heavy (non-hydrogen) atoms. The number of hydrogen-bond donors (Lipinski definition) is 1. The summed E-state index contributed by atoms with van der Waals surface area (Å²) in [6.45, 7) is 0.693. The van der Waals surface area contributed by atoms with Gasteiger partial charge in [0.25, 0.3) is 5.91 Å². The van der Waals surface area contributed by atoms with Gasteiger partial charge < -0.3 is 14.8 Å². The van der Waals surface area contributed by atoms with Crippen molar-refractivity contribution in [1.29, 1.82) is 0 Å². The fraction of sp³-hybridized carbons (Fsp3) is 0.136. The highest BCUT2D eigenvalue weighted by Crippen LogP contribution is 2.33. The molecule has 0 aliphatic heterocycles. The van der Waals surface area contributed by atoms with Crippen molar-refractivity contribution in [3.8, 4) is 22.1 Å². The summed E-state index contributed by atoms with van der Waals surface area (Å²) in [6.07, 6.45) is 0. The zero-order valence-electron chi connectivity index (χ0n) is 16.6. The van der Waals surface area contributed by atoms with Crippen LogP contribution in [-0.2, 0) is 4.74 Å². The summed E-state index contributed by atoms with van der Waals surface area (Å²) in [6, 6.07) is 18.6. The third-order valence-corrected chi connectivity index (χ3v) is 5.47. The van der Waals surface area contributed by atoms with Crippen molar-refractivity contribution in [1.82, 2.24) is 14.8 Å². The van der Waals surface area contributed by atoms with E-state index in [0.29, 0.717) is 35.5 Å². The van der Waals surface area contributed by atoms with E-state index in [1.165, 1.54) is 11.3 Å². The van der Waals surface area contributed by atoms with Crippen LogP contribution < -0.4 is 10.1 Å². The van der Waals surface area contributed by atoms with Gasteiger partial charge in [0.05, 0.1) is 27.9 Å². The van der Waals surface area contributed by atoms with Gasteiger partial charge in [-0.05, 0) is 35.7 Å². The van der Waals surface area contributed by atoms with Crippen LogP contribution in [-0.4, -0.2) is 41.0 Å². The van der Waals surface area contributed by atoms with E-state index in [1.807, 2.05) is 47.8 Å². The number of rotatable bonds is 8. The zero-order chi connectivity index (χ0) is 21.6. The van der Waals surface area contributed by atoms with Crippen LogP contribution in [0.1, 0.15) is 10.6 Å². The summed E-state index contributed by atoms with van der Waals surface area (Å²) < 4.78 is 12.4. The molecule has 158 valence electrons. The van der Waals surface area contributed by atoms with Crippen LogP contribution in [0, 0.1) is 0 Å². The lowest BCUT2D eigenvalue weighted by Crippen LogP contribution is -2.16. The van der Waals surface area contributed by atoms with E-state index in [-0.39, 0.29) is 5.82 Å². The summed E-state index contributed by atoms with van der Waals surface area (Å²) in [5, 5.41) is 9.61. The molecule has 0 saturated heterocycles. The average molecular weight is 455 g/mol. The number of carbonyl (C=O) groups is 1. The highest BCUT2D eigenvalue weighted by Gasteiger charge is 2.21. The Morgan fingerprint density at radius 1 is 1.10 bits per heavy atom. The minimum Gasteiger partial charge on any atom is -0.487 e. The van der Waals surface area contributed by atoms with E-state index in [9.17, 15) is 4.79 Å². The number of ether oxygens (including phenoxy) is 2. The van der Waals surface area contributed by atoms with Gasteiger partial charge in [0, 0.05) is 7.11 Å². The van der Waals surface area contributed by atoms with Gasteiger partial charge in [-0.15, -0.1) is 16.4 Å². The van der Waals surface area contributed by atoms with Gasteiger partial charge in [-0.1, -0.05) is 41.9 Å². The van der Waals surface area contributed by atoms with Gasteiger partial charge in [-0.2, -0.15) is 0 Å². The number of methoxy groups -OCH3 is 1. The number of para-hydroxylation sites is 2. The van der Waals surface area contributed by atoms with Crippen LogP contribution >= 0.6 is 22.9 Å². The van der Waals surface area contributed by atoms with Crippen molar-refractivity contribution < 1.29 is 14.3 Å². The van der Waals surface area contributed by atoms with Crippen molar-refractivity contribution in [2.24, 2.45) is 0 Å². The maximum Gasteiger partial charge on any atom is 0.295 e. The molecule has 9 heteroatoms. The predicted molar refractivity (Wildman–Crippen MR) is 121 cm³/mol. The number of amides is 1.